The molecular weight excluding hydrogens is 637 g/mol. The van der Waals surface area contributed by atoms with Crippen molar-refractivity contribution in [1.29, 1.82) is 5.26 Å². The van der Waals surface area contributed by atoms with Crippen LogP contribution >= 0.6 is 0 Å². The van der Waals surface area contributed by atoms with Crippen molar-refractivity contribution < 1.29 is 9.52 Å². The number of nitrogens with one attached hydrogen (secondary N) is 1. The number of aliphatic hydroxyl groups is 1. The minimum absolute atomic E-state index is 0.256. The Labute approximate surface area is 297 Å². The number of rotatable bonds is 8. The molecule has 2 fully saturated rings. The van der Waals surface area contributed by atoms with Crippen molar-refractivity contribution in [3.8, 4) is 28.7 Å². The first-order valence-corrected chi connectivity index (χ1v) is 17.9. The Morgan fingerprint density at radius 1 is 0.882 bits per heavy atom. The molecule has 10 heteroatoms. The van der Waals surface area contributed by atoms with E-state index >= 15 is 0 Å². The van der Waals surface area contributed by atoms with E-state index in [4.69, 9.17) is 14.4 Å². The summed E-state index contributed by atoms with van der Waals surface area (Å²) in [6.45, 7) is 11.8. The molecule has 3 aromatic carbocycles. The topological polar surface area (TPSA) is 127 Å². The zero-order valence-corrected chi connectivity index (χ0v) is 29.4. The van der Waals surface area contributed by atoms with E-state index in [1.54, 1.807) is 6.33 Å². The number of aromatic nitrogens is 4. The molecule has 0 radical (unpaired) electrons. The zero-order valence-electron chi connectivity index (χ0n) is 29.4. The van der Waals surface area contributed by atoms with Gasteiger partial charge in [0, 0.05) is 50.2 Å². The highest BCUT2D eigenvalue weighted by atomic mass is 16.3. The molecule has 0 saturated carbocycles. The normalized spacial score (nSPS) is 18.4. The van der Waals surface area contributed by atoms with Crippen molar-refractivity contribution in [2.24, 2.45) is 5.92 Å². The highest BCUT2D eigenvalue weighted by Crippen LogP contribution is 2.38. The number of piperidine rings is 1. The van der Waals surface area contributed by atoms with Gasteiger partial charge in [0.05, 0.1) is 17.2 Å². The van der Waals surface area contributed by atoms with Crippen molar-refractivity contribution in [3.05, 3.63) is 94.9 Å². The standard InChI is InChI=1S/C41H42N8O2/c1-25-7-6-13-48(20-25)21-28-15-30(18-42)39-37(16-28)47-41(51-39)34-10-4-8-32(26(34)2)33-9-5-11-35(27(33)3)46-40-38-36(44-24-45-40)17-29(19-43-38)22-49-14-12-31(50)23-49/h4-5,8-11,15-17,19,24-25,31,50H,6-7,12-14,20-23H2,1-3H3,(H,44,45,46)/t25-,31+/m0/s1. The maximum atomic E-state index is 10.0. The number of aliphatic hydroxyl groups excluding tert-OH is 1. The quantitative estimate of drug-likeness (QED) is 0.167. The Kier molecular flexibility index (Phi) is 8.94. The third-order valence-corrected chi connectivity index (χ3v) is 10.4. The van der Waals surface area contributed by atoms with Gasteiger partial charge in [-0.15, -0.1) is 0 Å². The molecule has 8 rings (SSSR count). The number of anilines is 2. The van der Waals surface area contributed by atoms with Gasteiger partial charge < -0.3 is 14.8 Å². The number of fused-ring (bicyclic) bond motifs is 2. The summed E-state index contributed by atoms with van der Waals surface area (Å²) in [6, 6.07) is 20.8. The molecule has 0 spiro atoms. The summed E-state index contributed by atoms with van der Waals surface area (Å²) < 4.78 is 6.34. The first-order chi connectivity index (χ1) is 24.8. The van der Waals surface area contributed by atoms with Crippen molar-refractivity contribution in [3.63, 3.8) is 0 Å². The summed E-state index contributed by atoms with van der Waals surface area (Å²) in [4.78, 5) is 23.5. The highest BCUT2D eigenvalue weighted by molar-refractivity contribution is 5.89. The molecule has 2 aliphatic heterocycles. The largest absolute Gasteiger partial charge is 0.435 e. The smallest absolute Gasteiger partial charge is 0.227 e. The summed E-state index contributed by atoms with van der Waals surface area (Å²) in [5.41, 5.74) is 11.4. The van der Waals surface area contributed by atoms with E-state index in [1.165, 1.54) is 12.8 Å². The van der Waals surface area contributed by atoms with Gasteiger partial charge in [-0.2, -0.15) is 5.26 Å². The Hall–Kier alpha value is -5.21. The van der Waals surface area contributed by atoms with Crippen molar-refractivity contribution >= 4 is 33.6 Å². The minimum atomic E-state index is -0.256. The Balaban J connectivity index is 1.07. The predicted octanol–water partition coefficient (Wildman–Crippen LogP) is 7.53. The zero-order chi connectivity index (χ0) is 35.1. The monoisotopic (exact) mass is 678 g/mol. The first kappa shape index (κ1) is 33.0. The fraction of sp³-hybridized carbons (Fsp3) is 0.341. The summed E-state index contributed by atoms with van der Waals surface area (Å²) in [7, 11) is 0. The lowest BCUT2D eigenvalue weighted by Crippen LogP contribution is -2.33. The van der Waals surface area contributed by atoms with Gasteiger partial charge >= 0.3 is 0 Å². The fourth-order valence-electron chi connectivity index (χ4n) is 7.80. The second-order valence-electron chi connectivity index (χ2n) is 14.3. The van der Waals surface area contributed by atoms with Gasteiger partial charge in [0.1, 0.15) is 23.4 Å². The van der Waals surface area contributed by atoms with Crippen LogP contribution in [0.4, 0.5) is 11.5 Å². The van der Waals surface area contributed by atoms with Crippen LogP contribution in [0.2, 0.25) is 0 Å². The summed E-state index contributed by atoms with van der Waals surface area (Å²) in [5.74, 6) is 1.84. The average Bonchev–Trinajstić information content (AvgIpc) is 3.74. The van der Waals surface area contributed by atoms with Crippen molar-refractivity contribution in [2.75, 3.05) is 31.5 Å². The molecule has 2 N–H and O–H groups in total. The van der Waals surface area contributed by atoms with Crippen LogP contribution in [-0.4, -0.2) is 67.1 Å². The number of nitriles is 1. The van der Waals surface area contributed by atoms with Gasteiger partial charge in [-0.25, -0.2) is 15.0 Å². The van der Waals surface area contributed by atoms with Crippen LogP contribution < -0.4 is 5.32 Å². The molecule has 258 valence electrons. The summed E-state index contributed by atoms with van der Waals surface area (Å²) >= 11 is 0. The lowest BCUT2D eigenvalue weighted by atomic mass is 9.93. The first-order valence-electron chi connectivity index (χ1n) is 17.9. The molecule has 5 heterocycles. The van der Waals surface area contributed by atoms with Gasteiger partial charge in [-0.3, -0.25) is 14.8 Å². The number of hydrogen-bond acceptors (Lipinski definition) is 10. The number of nitrogens with zero attached hydrogens (tertiary/aromatic N) is 7. The second-order valence-corrected chi connectivity index (χ2v) is 14.3. The molecule has 3 aromatic heterocycles. The third-order valence-electron chi connectivity index (χ3n) is 10.4. The molecular formula is C41H42N8O2. The Morgan fingerprint density at radius 2 is 1.65 bits per heavy atom. The number of benzene rings is 3. The minimum Gasteiger partial charge on any atom is -0.435 e. The van der Waals surface area contributed by atoms with Gasteiger partial charge in [0.2, 0.25) is 5.89 Å². The van der Waals surface area contributed by atoms with Crippen molar-refractivity contribution in [2.45, 2.75) is 59.2 Å². The third kappa shape index (κ3) is 6.68. The number of pyridine rings is 1. The van der Waals surface area contributed by atoms with E-state index < -0.39 is 0 Å². The van der Waals surface area contributed by atoms with Crippen LogP contribution in [0.25, 0.3) is 44.7 Å². The van der Waals surface area contributed by atoms with Crippen molar-refractivity contribution in [1.82, 2.24) is 29.7 Å². The molecule has 0 aliphatic carbocycles. The number of β-amino-alcohol motifs (C(OH)–C–C–N with tert-alkyl or cyclic N) is 1. The molecule has 0 bridgehead atoms. The van der Waals surface area contributed by atoms with E-state index in [0.717, 1.165) is 89.3 Å². The van der Waals surface area contributed by atoms with Gasteiger partial charge in [0.25, 0.3) is 0 Å². The molecule has 2 aliphatic rings. The second kappa shape index (κ2) is 13.8. The summed E-state index contributed by atoms with van der Waals surface area (Å²) in [6.07, 6.45) is 6.47. The van der Waals surface area contributed by atoms with E-state index in [0.29, 0.717) is 46.4 Å². The van der Waals surface area contributed by atoms with Gasteiger partial charge in [0.15, 0.2) is 11.4 Å². The van der Waals surface area contributed by atoms with E-state index in [1.807, 2.05) is 36.5 Å². The lowest BCUT2D eigenvalue weighted by Gasteiger charge is -2.30. The number of likely N-dealkylation sites (tertiary alicyclic amines) is 2. The van der Waals surface area contributed by atoms with Crippen LogP contribution in [-0.2, 0) is 13.1 Å². The van der Waals surface area contributed by atoms with E-state index in [2.05, 4.69) is 76.2 Å². The van der Waals surface area contributed by atoms with Crippen LogP contribution in [0.15, 0.2) is 71.5 Å². The number of hydrogen-bond donors (Lipinski definition) is 2. The predicted molar refractivity (Wildman–Crippen MR) is 199 cm³/mol. The molecule has 0 unspecified atom stereocenters. The van der Waals surface area contributed by atoms with Crippen LogP contribution in [0, 0.1) is 31.1 Å². The SMILES string of the molecule is Cc1c(Nc2ncnc3cc(CN4CC[C@@H](O)C4)cnc23)cccc1-c1cccc(-c2nc3cc(CN4CCC[C@H](C)C4)cc(C#N)c3o2)c1C. The lowest BCUT2D eigenvalue weighted by molar-refractivity contribution is 0.175. The van der Waals surface area contributed by atoms with Crippen LogP contribution in [0.5, 0.6) is 0 Å². The van der Waals surface area contributed by atoms with Gasteiger partial charge in [-0.05, 0) is 109 Å². The van der Waals surface area contributed by atoms with Gasteiger partial charge in [-0.1, -0.05) is 31.2 Å². The Bertz CT molecular complexity index is 2290. The maximum Gasteiger partial charge on any atom is 0.227 e. The molecule has 10 nitrogen and oxygen atoms in total. The molecule has 6 aromatic rings. The molecule has 2 saturated heterocycles. The van der Waals surface area contributed by atoms with Crippen LogP contribution in [0.3, 0.4) is 0 Å². The fourth-order valence-corrected chi connectivity index (χ4v) is 7.80. The molecule has 51 heavy (non-hydrogen) atoms. The maximum absolute atomic E-state index is 10.0. The Morgan fingerprint density at radius 3 is 2.45 bits per heavy atom. The highest BCUT2D eigenvalue weighted by Gasteiger charge is 2.22. The van der Waals surface area contributed by atoms with E-state index in [9.17, 15) is 10.4 Å². The molecule has 2 atom stereocenters. The van der Waals surface area contributed by atoms with Crippen LogP contribution in [0.1, 0.15) is 54.0 Å². The van der Waals surface area contributed by atoms with E-state index in [-0.39, 0.29) is 6.10 Å². The summed E-state index contributed by atoms with van der Waals surface area (Å²) in [5, 5.41) is 23.5. The number of oxazole rings is 1. The molecule has 0 amide bonds. The average molecular weight is 679 g/mol.